The van der Waals surface area contributed by atoms with Crippen molar-refractivity contribution in [2.24, 2.45) is 0 Å². The Labute approximate surface area is 93.8 Å². The molecule has 0 unspecified atom stereocenters. The van der Waals surface area contributed by atoms with Gasteiger partial charge in [-0.05, 0) is 24.6 Å². The molecule has 2 heteroatoms. The number of aromatic amines is 1. The highest BCUT2D eigenvalue weighted by Crippen LogP contribution is 2.29. The number of rotatable bonds is 1. The van der Waals surface area contributed by atoms with Gasteiger partial charge in [-0.2, -0.15) is 0 Å². The molecule has 0 fully saturated rings. The van der Waals surface area contributed by atoms with E-state index in [-0.39, 0.29) is 0 Å². The molecule has 0 bridgehead atoms. The Kier molecular flexibility index (Phi) is 1.90. The lowest BCUT2D eigenvalue weighted by molar-refractivity contribution is 0.415. The molecule has 3 rings (SSSR count). The first kappa shape index (κ1) is 9.28. The van der Waals surface area contributed by atoms with Gasteiger partial charge in [-0.3, -0.25) is 0 Å². The van der Waals surface area contributed by atoms with Crippen LogP contribution >= 0.6 is 0 Å². The topological polar surface area (TPSA) is 25.0 Å². The summed E-state index contributed by atoms with van der Waals surface area (Å²) in [4.78, 5) is 3.44. The van der Waals surface area contributed by atoms with E-state index in [4.69, 9.17) is 4.74 Å². The standard InChI is InChI=1S/C14H13NO/c1-9-4-3-5-12-11-7-6-10(16-2)8-13(11)15-14(9)12/h3-8,15H,1-2H3. The second-order valence-corrected chi connectivity index (χ2v) is 4.03. The molecule has 2 aromatic carbocycles. The summed E-state index contributed by atoms with van der Waals surface area (Å²) in [7, 11) is 1.69. The summed E-state index contributed by atoms with van der Waals surface area (Å²) in [5.74, 6) is 0.886. The Hall–Kier alpha value is -1.96. The van der Waals surface area contributed by atoms with Crippen molar-refractivity contribution >= 4 is 21.8 Å². The van der Waals surface area contributed by atoms with E-state index >= 15 is 0 Å². The van der Waals surface area contributed by atoms with E-state index in [1.807, 2.05) is 12.1 Å². The zero-order valence-corrected chi connectivity index (χ0v) is 9.37. The first-order valence-corrected chi connectivity index (χ1v) is 5.34. The molecule has 0 saturated carbocycles. The number of para-hydroxylation sites is 1. The number of nitrogens with one attached hydrogen (secondary N) is 1. The number of methoxy groups -OCH3 is 1. The van der Waals surface area contributed by atoms with Crippen LogP contribution in [0.25, 0.3) is 21.8 Å². The first-order valence-electron chi connectivity index (χ1n) is 5.34. The number of benzene rings is 2. The van der Waals surface area contributed by atoms with Gasteiger partial charge in [0.15, 0.2) is 0 Å². The van der Waals surface area contributed by atoms with Crippen LogP contribution in [0.15, 0.2) is 36.4 Å². The van der Waals surface area contributed by atoms with Gasteiger partial charge in [-0.1, -0.05) is 18.2 Å². The molecule has 0 spiro atoms. The average Bonchev–Trinajstić information content (AvgIpc) is 2.68. The Bertz CT molecular complexity index is 667. The van der Waals surface area contributed by atoms with Crippen LogP contribution in [0.5, 0.6) is 5.75 Å². The van der Waals surface area contributed by atoms with E-state index < -0.39 is 0 Å². The molecule has 1 heterocycles. The van der Waals surface area contributed by atoms with Crippen molar-refractivity contribution in [3.63, 3.8) is 0 Å². The maximum absolute atomic E-state index is 5.23. The first-order chi connectivity index (χ1) is 7.79. The van der Waals surface area contributed by atoms with Crippen LogP contribution in [0.2, 0.25) is 0 Å². The summed E-state index contributed by atoms with van der Waals surface area (Å²) in [5, 5.41) is 2.53. The van der Waals surface area contributed by atoms with Gasteiger partial charge in [0.25, 0.3) is 0 Å². The zero-order valence-electron chi connectivity index (χ0n) is 9.37. The second kappa shape index (κ2) is 3.27. The number of aromatic nitrogens is 1. The van der Waals surface area contributed by atoms with Crippen molar-refractivity contribution in [3.05, 3.63) is 42.0 Å². The minimum atomic E-state index is 0.886. The molecule has 0 aliphatic heterocycles. The quantitative estimate of drug-likeness (QED) is 0.653. The SMILES string of the molecule is COc1ccc2c(c1)[nH]c1c(C)cccc12. The number of H-pyrrole nitrogens is 1. The molecule has 0 aliphatic carbocycles. The van der Waals surface area contributed by atoms with E-state index in [0.29, 0.717) is 0 Å². The molecule has 80 valence electrons. The Balaban J connectivity index is 2.45. The van der Waals surface area contributed by atoms with Crippen molar-refractivity contribution in [1.82, 2.24) is 4.98 Å². The Morgan fingerprint density at radius 1 is 1.06 bits per heavy atom. The molecule has 1 N–H and O–H groups in total. The van der Waals surface area contributed by atoms with Crippen LogP contribution in [0.1, 0.15) is 5.56 Å². The molecule has 0 radical (unpaired) electrons. The third kappa shape index (κ3) is 1.20. The fraction of sp³-hybridized carbons (Fsp3) is 0.143. The van der Waals surface area contributed by atoms with Crippen LogP contribution in [0, 0.1) is 6.92 Å². The summed E-state index contributed by atoms with van der Waals surface area (Å²) < 4.78 is 5.23. The average molecular weight is 211 g/mol. The van der Waals surface area contributed by atoms with Gasteiger partial charge in [0.2, 0.25) is 0 Å². The number of aryl methyl sites for hydroxylation is 1. The lowest BCUT2D eigenvalue weighted by Gasteiger charge is -1.98. The van der Waals surface area contributed by atoms with Gasteiger partial charge < -0.3 is 9.72 Å². The third-order valence-electron chi connectivity index (χ3n) is 3.05. The van der Waals surface area contributed by atoms with E-state index in [0.717, 1.165) is 11.3 Å². The minimum absolute atomic E-state index is 0.886. The monoisotopic (exact) mass is 211 g/mol. The van der Waals surface area contributed by atoms with Crippen molar-refractivity contribution in [3.8, 4) is 5.75 Å². The minimum Gasteiger partial charge on any atom is -0.497 e. The normalized spacial score (nSPS) is 11.1. The fourth-order valence-corrected chi connectivity index (χ4v) is 2.18. The summed E-state index contributed by atoms with van der Waals surface area (Å²) in [6.07, 6.45) is 0. The molecule has 0 saturated heterocycles. The maximum Gasteiger partial charge on any atom is 0.120 e. The van der Waals surface area contributed by atoms with Crippen LogP contribution < -0.4 is 4.74 Å². The predicted molar refractivity (Wildman–Crippen MR) is 67.1 cm³/mol. The van der Waals surface area contributed by atoms with Crippen LogP contribution in [0.4, 0.5) is 0 Å². The second-order valence-electron chi connectivity index (χ2n) is 4.03. The summed E-state index contributed by atoms with van der Waals surface area (Å²) >= 11 is 0. The van der Waals surface area contributed by atoms with Gasteiger partial charge in [0.05, 0.1) is 12.6 Å². The third-order valence-corrected chi connectivity index (χ3v) is 3.05. The van der Waals surface area contributed by atoms with Gasteiger partial charge in [-0.15, -0.1) is 0 Å². The van der Waals surface area contributed by atoms with Gasteiger partial charge in [0.1, 0.15) is 5.75 Å². The molecule has 0 aliphatic rings. The van der Waals surface area contributed by atoms with E-state index in [1.165, 1.54) is 21.9 Å². The molecule has 0 amide bonds. The highest BCUT2D eigenvalue weighted by molar-refractivity contribution is 6.08. The largest absolute Gasteiger partial charge is 0.497 e. The van der Waals surface area contributed by atoms with Crippen LogP contribution in [-0.2, 0) is 0 Å². The van der Waals surface area contributed by atoms with Gasteiger partial charge in [0, 0.05) is 22.4 Å². The number of fused-ring (bicyclic) bond motifs is 3. The molecular formula is C14H13NO. The van der Waals surface area contributed by atoms with Gasteiger partial charge in [-0.25, -0.2) is 0 Å². The van der Waals surface area contributed by atoms with E-state index in [9.17, 15) is 0 Å². The van der Waals surface area contributed by atoms with Crippen molar-refractivity contribution in [2.75, 3.05) is 7.11 Å². The summed E-state index contributed by atoms with van der Waals surface area (Å²) in [6.45, 7) is 2.12. The molecule has 2 nitrogen and oxygen atoms in total. The summed E-state index contributed by atoms with van der Waals surface area (Å²) in [5.41, 5.74) is 3.61. The van der Waals surface area contributed by atoms with Crippen LogP contribution in [-0.4, -0.2) is 12.1 Å². The van der Waals surface area contributed by atoms with E-state index in [2.05, 4.69) is 36.2 Å². The summed E-state index contributed by atoms with van der Waals surface area (Å²) in [6, 6.07) is 12.5. The lowest BCUT2D eigenvalue weighted by atomic mass is 10.1. The molecule has 3 aromatic rings. The Morgan fingerprint density at radius 2 is 1.94 bits per heavy atom. The molecule has 0 atom stereocenters. The van der Waals surface area contributed by atoms with Crippen molar-refractivity contribution in [2.45, 2.75) is 6.92 Å². The molecular weight excluding hydrogens is 198 g/mol. The Morgan fingerprint density at radius 3 is 2.75 bits per heavy atom. The lowest BCUT2D eigenvalue weighted by Crippen LogP contribution is -1.80. The highest BCUT2D eigenvalue weighted by Gasteiger charge is 2.06. The van der Waals surface area contributed by atoms with Gasteiger partial charge >= 0.3 is 0 Å². The highest BCUT2D eigenvalue weighted by atomic mass is 16.5. The van der Waals surface area contributed by atoms with Crippen LogP contribution in [0.3, 0.4) is 0 Å². The van der Waals surface area contributed by atoms with Crippen molar-refractivity contribution in [1.29, 1.82) is 0 Å². The predicted octanol–water partition coefficient (Wildman–Crippen LogP) is 3.64. The number of hydrogen-bond donors (Lipinski definition) is 1. The van der Waals surface area contributed by atoms with Crippen molar-refractivity contribution < 1.29 is 4.74 Å². The fourth-order valence-electron chi connectivity index (χ4n) is 2.18. The maximum atomic E-state index is 5.23. The molecule has 1 aromatic heterocycles. The smallest absolute Gasteiger partial charge is 0.120 e. The van der Waals surface area contributed by atoms with E-state index in [1.54, 1.807) is 7.11 Å². The number of hydrogen-bond acceptors (Lipinski definition) is 1. The molecule has 16 heavy (non-hydrogen) atoms. The zero-order chi connectivity index (χ0) is 11.1. The number of ether oxygens (including phenoxy) is 1.